The predicted molar refractivity (Wildman–Crippen MR) is 76.0 cm³/mol. The third-order valence-electron chi connectivity index (χ3n) is 2.91. The van der Waals surface area contributed by atoms with Crippen LogP contribution < -0.4 is 0 Å². The van der Waals surface area contributed by atoms with E-state index in [9.17, 15) is 9.59 Å². The Morgan fingerprint density at radius 3 is 2.30 bits per heavy atom. The van der Waals surface area contributed by atoms with E-state index in [1.54, 1.807) is 18.2 Å². The molecule has 0 saturated carbocycles. The normalized spacial score (nSPS) is 9.45. The molecule has 0 aliphatic carbocycles. The van der Waals surface area contributed by atoms with Crippen molar-refractivity contribution in [2.45, 2.75) is 13.3 Å². The van der Waals surface area contributed by atoms with Gasteiger partial charge in [0.25, 0.3) is 0 Å². The van der Waals surface area contributed by atoms with Gasteiger partial charge in [0.15, 0.2) is 0 Å². The Morgan fingerprint density at radius 2 is 1.65 bits per heavy atom. The first-order chi connectivity index (χ1) is 9.72. The molecule has 0 aromatic heterocycles. The molecule has 0 saturated heterocycles. The van der Waals surface area contributed by atoms with Crippen molar-refractivity contribution in [1.29, 1.82) is 0 Å². The van der Waals surface area contributed by atoms with Gasteiger partial charge < -0.3 is 0 Å². The molecule has 20 heavy (non-hydrogen) atoms. The van der Waals surface area contributed by atoms with Crippen molar-refractivity contribution < 1.29 is 9.59 Å². The van der Waals surface area contributed by atoms with E-state index in [-0.39, 0.29) is 0 Å². The van der Waals surface area contributed by atoms with Crippen LogP contribution in [0.2, 0.25) is 0 Å². The maximum atomic E-state index is 10.5. The maximum Gasteiger partial charge on any atom is 0.240 e. The number of nitrogens with zero attached hydrogens (tertiary/aromatic N) is 2. The van der Waals surface area contributed by atoms with E-state index in [1.807, 2.05) is 37.3 Å². The second kappa shape index (κ2) is 6.39. The van der Waals surface area contributed by atoms with Crippen molar-refractivity contribution in [1.82, 2.24) is 0 Å². The van der Waals surface area contributed by atoms with Gasteiger partial charge >= 0.3 is 0 Å². The van der Waals surface area contributed by atoms with Gasteiger partial charge in [0.05, 0.1) is 11.4 Å². The smallest absolute Gasteiger partial charge is 0.211 e. The van der Waals surface area contributed by atoms with Gasteiger partial charge in [-0.25, -0.2) is 9.59 Å². The zero-order valence-electron chi connectivity index (χ0n) is 11.0. The highest BCUT2D eigenvalue weighted by Gasteiger charge is 2.04. The second-order valence-corrected chi connectivity index (χ2v) is 4.38. The highest BCUT2D eigenvalue weighted by Crippen LogP contribution is 2.24. The van der Waals surface area contributed by atoms with Crippen molar-refractivity contribution in [3.63, 3.8) is 0 Å². The molecule has 4 nitrogen and oxygen atoms in total. The van der Waals surface area contributed by atoms with Gasteiger partial charge in [-0.2, -0.15) is 9.98 Å². The lowest BCUT2D eigenvalue weighted by atomic mass is 10.0. The van der Waals surface area contributed by atoms with Crippen molar-refractivity contribution in [3.05, 3.63) is 59.2 Å². The summed E-state index contributed by atoms with van der Waals surface area (Å²) >= 11 is 0. The number of carbonyl (C=O) groups excluding carboxylic acids is 2. The molecule has 0 atom stereocenters. The monoisotopic (exact) mass is 264 g/mol. The number of rotatable bonds is 4. The third kappa shape index (κ3) is 3.36. The number of aliphatic imine (C=N–C) groups is 2. The van der Waals surface area contributed by atoms with E-state index in [4.69, 9.17) is 0 Å². The molecule has 98 valence electrons. The minimum absolute atomic E-state index is 0.568. The van der Waals surface area contributed by atoms with Gasteiger partial charge in [-0.1, -0.05) is 24.3 Å². The summed E-state index contributed by atoms with van der Waals surface area (Å²) in [5.74, 6) is 0. The molecular formula is C16H12N2O2. The highest BCUT2D eigenvalue weighted by atomic mass is 16.1. The lowest BCUT2D eigenvalue weighted by molar-refractivity contribution is 0.564. The molecule has 0 aliphatic heterocycles. The molecule has 0 amide bonds. The Bertz CT molecular complexity index is 708. The summed E-state index contributed by atoms with van der Waals surface area (Å²) < 4.78 is 0. The van der Waals surface area contributed by atoms with Crippen LogP contribution in [0.15, 0.2) is 52.4 Å². The van der Waals surface area contributed by atoms with Crippen LogP contribution in [0, 0.1) is 6.92 Å². The van der Waals surface area contributed by atoms with E-state index in [0.717, 1.165) is 16.7 Å². The Balaban J connectivity index is 2.29. The second-order valence-electron chi connectivity index (χ2n) is 4.38. The molecule has 0 N–H and O–H groups in total. The highest BCUT2D eigenvalue weighted by molar-refractivity contribution is 5.56. The van der Waals surface area contributed by atoms with Crippen LogP contribution in [-0.4, -0.2) is 12.2 Å². The third-order valence-corrected chi connectivity index (χ3v) is 2.91. The fraction of sp³-hybridized carbons (Fsp3) is 0.125. The van der Waals surface area contributed by atoms with Gasteiger partial charge in [0.2, 0.25) is 12.2 Å². The van der Waals surface area contributed by atoms with Gasteiger partial charge in [-0.15, -0.1) is 0 Å². The average molecular weight is 264 g/mol. The lowest BCUT2D eigenvalue weighted by Gasteiger charge is -2.06. The van der Waals surface area contributed by atoms with E-state index >= 15 is 0 Å². The number of isocyanates is 2. The van der Waals surface area contributed by atoms with Crippen LogP contribution >= 0.6 is 0 Å². The zero-order valence-corrected chi connectivity index (χ0v) is 11.0. The summed E-state index contributed by atoms with van der Waals surface area (Å²) in [6.07, 6.45) is 3.73. The average Bonchev–Trinajstić information content (AvgIpc) is 2.44. The Labute approximate surface area is 116 Å². The SMILES string of the molecule is Cc1ccc(Cc2ccc(N=C=O)cc2)c(N=C=O)c1. The van der Waals surface area contributed by atoms with Crippen molar-refractivity contribution >= 4 is 23.5 Å². The first-order valence-electron chi connectivity index (χ1n) is 6.07. The van der Waals surface area contributed by atoms with Crippen molar-refractivity contribution in [3.8, 4) is 0 Å². The van der Waals surface area contributed by atoms with Gasteiger partial charge in [-0.05, 0) is 48.2 Å². The molecular weight excluding hydrogens is 252 g/mol. The molecule has 0 unspecified atom stereocenters. The largest absolute Gasteiger partial charge is 0.240 e. The molecule has 0 bridgehead atoms. The Hall–Kier alpha value is -2.80. The Kier molecular flexibility index (Phi) is 4.35. The molecule has 2 rings (SSSR count). The molecule has 4 heteroatoms. The first kappa shape index (κ1) is 13.6. The minimum Gasteiger partial charge on any atom is -0.211 e. The van der Waals surface area contributed by atoms with E-state index in [2.05, 4.69) is 9.98 Å². The number of hydrogen-bond donors (Lipinski definition) is 0. The van der Waals surface area contributed by atoms with Crippen LogP contribution in [0.3, 0.4) is 0 Å². The van der Waals surface area contributed by atoms with E-state index in [0.29, 0.717) is 17.8 Å². The molecule has 0 fully saturated rings. The summed E-state index contributed by atoms with van der Waals surface area (Å²) in [4.78, 5) is 27.9. The van der Waals surface area contributed by atoms with E-state index < -0.39 is 0 Å². The maximum absolute atomic E-state index is 10.5. The predicted octanol–water partition coefficient (Wildman–Crippen LogP) is 3.52. The van der Waals surface area contributed by atoms with E-state index in [1.165, 1.54) is 6.08 Å². The van der Waals surface area contributed by atoms with Gasteiger partial charge in [-0.3, -0.25) is 0 Å². The summed E-state index contributed by atoms with van der Waals surface area (Å²) in [7, 11) is 0. The lowest BCUT2D eigenvalue weighted by Crippen LogP contribution is -1.89. The quantitative estimate of drug-likeness (QED) is 0.626. The molecule has 0 heterocycles. The summed E-state index contributed by atoms with van der Waals surface area (Å²) in [6.45, 7) is 1.94. The van der Waals surface area contributed by atoms with Crippen molar-refractivity contribution in [2.75, 3.05) is 0 Å². The van der Waals surface area contributed by atoms with Crippen LogP contribution in [0.4, 0.5) is 11.4 Å². The number of benzene rings is 2. The van der Waals surface area contributed by atoms with Crippen LogP contribution in [-0.2, 0) is 16.0 Å². The molecule has 0 radical (unpaired) electrons. The fourth-order valence-electron chi connectivity index (χ4n) is 1.94. The first-order valence-corrected chi connectivity index (χ1v) is 6.07. The van der Waals surface area contributed by atoms with Crippen LogP contribution in [0.1, 0.15) is 16.7 Å². The summed E-state index contributed by atoms with van der Waals surface area (Å²) in [5.41, 5.74) is 4.24. The number of hydrogen-bond acceptors (Lipinski definition) is 4. The van der Waals surface area contributed by atoms with Crippen LogP contribution in [0.25, 0.3) is 0 Å². The zero-order chi connectivity index (χ0) is 14.4. The Morgan fingerprint density at radius 1 is 0.950 bits per heavy atom. The van der Waals surface area contributed by atoms with Crippen LogP contribution in [0.5, 0.6) is 0 Å². The molecule has 0 spiro atoms. The topological polar surface area (TPSA) is 58.9 Å². The van der Waals surface area contributed by atoms with Gasteiger partial charge in [0, 0.05) is 0 Å². The molecule has 2 aromatic rings. The standard InChI is InChI=1S/C16H12N2O2/c1-12-2-5-14(16(8-12)18-11-20)9-13-3-6-15(7-4-13)17-10-19/h2-8H,9H2,1H3. The molecule has 0 aliphatic rings. The fourth-order valence-corrected chi connectivity index (χ4v) is 1.94. The number of aryl methyl sites for hydroxylation is 1. The summed E-state index contributed by atoms with van der Waals surface area (Å²) in [6, 6.07) is 13.0. The molecule has 2 aromatic carbocycles. The van der Waals surface area contributed by atoms with Crippen molar-refractivity contribution in [2.24, 2.45) is 9.98 Å². The summed E-state index contributed by atoms with van der Waals surface area (Å²) in [5, 5.41) is 0. The minimum atomic E-state index is 0.568. The van der Waals surface area contributed by atoms with Gasteiger partial charge in [0.1, 0.15) is 0 Å².